The highest BCUT2D eigenvalue weighted by Crippen LogP contribution is 2.30. The molecule has 23 heavy (non-hydrogen) atoms. The number of nitrogens with zero attached hydrogens (tertiary/aromatic N) is 1. The van der Waals surface area contributed by atoms with Gasteiger partial charge in [0.05, 0.1) is 18.3 Å². The number of likely N-dealkylation sites (N-methyl/N-ethyl adjacent to an activating group) is 1. The Kier molecular flexibility index (Phi) is 6.42. The molecule has 0 spiro atoms. The van der Waals surface area contributed by atoms with Crippen LogP contribution in [0.15, 0.2) is 18.2 Å². The van der Waals surface area contributed by atoms with E-state index in [0.29, 0.717) is 0 Å². The molecule has 1 aliphatic rings. The Labute approximate surface area is 139 Å². The topological polar surface area (TPSA) is 53.6 Å². The van der Waals surface area contributed by atoms with Gasteiger partial charge in [-0.05, 0) is 45.1 Å². The van der Waals surface area contributed by atoms with Gasteiger partial charge in [0.2, 0.25) is 0 Å². The zero-order valence-electron chi connectivity index (χ0n) is 14.7. The van der Waals surface area contributed by atoms with Gasteiger partial charge in [-0.2, -0.15) is 0 Å². The summed E-state index contributed by atoms with van der Waals surface area (Å²) in [5.41, 5.74) is 1.63. The number of nitrogens with one attached hydrogen (secondary N) is 2. The van der Waals surface area contributed by atoms with E-state index < -0.39 is 0 Å². The van der Waals surface area contributed by atoms with Crippen LogP contribution in [0.3, 0.4) is 0 Å². The first-order valence-electron chi connectivity index (χ1n) is 8.59. The fourth-order valence-electron chi connectivity index (χ4n) is 2.76. The lowest BCUT2D eigenvalue weighted by molar-refractivity contribution is 0.0949. The van der Waals surface area contributed by atoms with Crippen LogP contribution in [0.4, 0.5) is 5.69 Å². The molecule has 1 aromatic carbocycles. The summed E-state index contributed by atoms with van der Waals surface area (Å²) in [7, 11) is 0. The van der Waals surface area contributed by atoms with Crippen molar-refractivity contribution < 1.29 is 9.53 Å². The summed E-state index contributed by atoms with van der Waals surface area (Å²) in [4.78, 5) is 14.9. The molecule has 2 rings (SSSR count). The largest absolute Gasteiger partial charge is 0.487 e. The minimum Gasteiger partial charge on any atom is -0.487 e. The molecular weight excluding hydrogens is 290 g/mol. The number of anilines is 1. The van der Waals surface area contributed by atoms with Gasteiger partial charge in [0.25, 0.3) is 0 Å². The zero-order chi connectivity index (χ0) is 16.8. The van der Waals surface area contributed by atoms with Gasteiger partial charge in [0.1, 0.15) is 11.9 Å². The van der Waals surface area contributed by atoms with Gasteiger partial charge in [-0.1, -0.05) is 13.8 Å². The lowest BCUT2D eigenvalue weighted by atomic mass is 10.0. The van der Waals surface area contributed by atoms with Crippen molar-refractivity contribution in [1.82, 2.24) is 10.2 Å². The number of hydrogen-bond donors (Lipinski definition) is 2. The molecule has 1 heterocycles. The zero-order valence-corrected chi connectivity index (χ0v) is 14.7. The molecular formula is C18H29N3O2. The van der Waals surface area contributed by atoms with Gasteiger partial charge in [0, 0.05) is 18.7 Å². The van der Waals surface area contributed by atoms with Gasteiger partial charge in [-0.25, -0.2) is 0 Å². The molecule has 0 aromatic heterocycles. The smallest absolute Gasteiger partial charge is 0.179 e. The molecule has 5 heteroatoms. The first-order valence-corrected chi connectivity index (χ1v) is 8.59. The first-order chi connectivity index (χ1) is 11.0. The molecule has 2 N–H and O–H groups in total. The van der Waals surface area contributed by atoms with Crippen molar-refractivity contribution in [2.24, 2.45) is 0 Å². The number of carbonyl (C=O) groups is 1. The third-order valence-electron chi connectivity index (χ3n) is 4.34. The molecule has 0 aliphatic carbocycles. The summed E-state index contributed by atoms with van der Waals surface area (Å²) in [5, 5.41) is 6.64. The van der Waals surface area contributed by atoms with Crippen LogP contribution in [0.25, 0.3) is 0 Å². The van der Waals surface area contributed by atoms with E-state index in [0.717, 1.165) is 49.7 Å². The molecule has 0 fully saturated rings. The number of ketones is 1. The van der Waals surface area contributed by atoms with Crippen LogP contribution in [0.1, 0.15) is 38.1 Å². The van der Waals surface area contributed by atoms with Gasteiger partial charge in [0.15, 0.2) is 5.78 Å². The maximum Gasteiger partial charge on any atom is 0.179 e. The number of carbonyl (C=O) groups excluding carboxylic acids is 1. The molecule has 0 amide bonds. The Bertz CT molecular complexity index is 529. The average Bonchev–Trinajstić information content (AvgIpc) is 2.57. The van der Waals surface area contributed by atoms with E-state index in [4.69, 9.17) is 4.74 Å². The second kappa shape index (κ2) is 8.31. The average molecular weight is 319 g/mol. The molecule has 2 atom stereocenters. The number of hydrogen-bond acceptors (Lipinski definition) is 5. The van der Waals surface area contributed by atoms with Crippen LogP contribution in [0, 0.1) is 0 Å². The third kappa shape index (κ3) is 4.69. The molecule has 0 saturated heterocycles. The molecule has 1 aliphatic heterocycles. The van der Waals surface area contributed by atoms with Crippen molar-refractivity contribution in [3.05, 3.63) is 23.8 Å². The van der Waals surface area contributed by atoms with Gasteiger partial charge < -0.3 is 20.3 Å². The SMILES string of the molecule is CCN(CC)CCNC(C)C(=O)c1ccc2c(c1)NCC(C)O2. The van der Waals surface area contributed by atoms with Crippen LogP contribution in [-0.2, 0) is 0 Å². The highest BCUT2D eigenvalue weighted by molar-refractivity contribution is 6.01. The van der Waals surface area contributed by atoms with Crippen molar-refractivity contribution in [1.29, 1.82) is 0 Å². The van der Waals surface area contributed by atoms with Gasteiger partial charge in [-0.3, -0.25) is 4.79 Å². The van der Waals surface area contributed by atoms with Crippen molar-refractivity contribution >= 4 is 11.5 Å². The van der Waals surface area contributed by atoms with Crippen molar-refractivity contribution in [2.45, 2.75) is 39.8 Å². The lowest BCUT2D eigenvalue weighted by Crippen LogP contribution is -2.39. The summed E-state index contributed by atoms with van der Waals surface area (Å²) >= 11 is 0. The Morgan fingerprint density at radius 2 is 2.17 bits per heavy atom. The van der Waals surface area contributed by atoms with Crippen LogP contribution in [0.2, 0.25) is 0 Å². The van der Waals surface area contributed by atoms with Crippen LogP contribution >= 0.6 is 0 Å². The minimum atomic E-state index is -0.188. The molecule has 128 valence electrons. The van der Waals surface area contributed by atoms with E-state index >= 15 is 0 Å². The van der Waals surface area contributed by atoms with Crippen LogP contribution < -0.4 is 15.4 Å². The van der Waals surface area contributed by atoms with Crippen molar-refractivity contribution in [3.63, 3.8) is 0 Å². The van der Waals surface area contributed by atoms with Crippen LogP contribution in [0.5, 0.6) is 5.75 Å². The second-order valence-corrected chi connectivity index (χ2v) is 6.09. The van der Waals surface area contributed by atoms with Crippen LogP contribution in [-0.4, -0.2) is 55.6 Å². The highest BCUT2D eigenvalue weighted by atomic mass is 16.5. The Hall–Kier alpha value is -1.59. The first kappa shape index (κ1) is 17.8. The maximum atomic E-state index is 12.6. The molecule has 1 aromatic rings. The summed E-state index contributed by atoms with van der Waals surface area (Å²) in [6.45, 7) is 12.9. The molecule has 2 unspecified atom stereocenters. The molecule has 5 nitrogen and oxygen atoms in total. The monoisotopic (exact) mass is 319 g/mol. The van der Waals surface area contributed by atoms with E-state index in [9.17, 15) is 4.79 Å². The third-order valence-corrected chi connectivity index (χ3v) is 4.34. The number of fused-ring (bicyclic) bond motifs is 1. The van der Waals surface area contributed by atoms with Gasteiger partial charge >= 0.3 is 0 Å². The summed E-state index contributed by atoms with van der Waals surface area (Å²) in [6.07, 6.45) is 0.157. The van der Waals surface area contributed by atoms with E-state index in [1.807, 2.05) is 32.0 Å². The predicted molar refractivity (Wildman–Crippen MR) is 94.6 cm³/mol. The summed E-state index contributed by atoms with van der Waals surface area (Å²) in [5.74, 6) is 0.940. The maximum absolute atomic E-state index is 12.6. The van der Waals surface area contributed by atoms with E-state index in [1.165, 1.54) is 0 Å². The lowest BCUT2D eigenvalue weighted by Gasteiger charge is -2.25. The Morgan fingerprint density at radius 3 is 2.87 bits per heavy atom. The summed E-state index contributed by atoms with van der Waals surface area (Å²) in [6, 6.07) is 5.44. The quantitative estimate of drug-likeness (QED) is 0.721. The van der Waals surface area contributed by atoms with E-state index in [2.05, 4.69) is 29.4 Å². The number of benzene rings is 1. The van der Waals surface area contributed by atoms with Crippen molar-refractivity contribution in [2.75, 3.05) is 38.0 Å². The summed E-state index contributed by atoms with van der Waals surface area (Å²) < 4.78 is 5.75. The second-order valence-electron chi connectivity index (χ2n) is 6.09. The van der Waals surface area contributed by atoms with E-state index in [1.54, 1.807) is 0 Å². The highest BCUT2D eigenvalue weighted by Gasteiger charge is 2.20. The molecule has 0 bridgehead atoms. The minimum absolute atomic E-state index is 0.118. The van der Waals surface area contributed by atoms with Crippen molar-refractivity contribution in [3.8, 4) is 5.75 Å². The number of Topliss-reactive ketones (excluding diaryl/α,β-unsaturated/α-hetero) is 1. The number of ether oxygens (including phenoxy) is 1. The Balaban J connectivity index is 1.92. The Morgan fingerprint density at radius 1 is 1.43 bits per heavy atom. The molecule has 0 radical (unpaired) electrons. The predicted octanol–water partition coefficient (Wildman–Crippen LogP) is 2.38. The normalized spacial score (nSPS) is 18.0. The molecule has 0 saturated carbocycles. The standard InChI is InChI=1S/C18H29N3O2/c1-5-21(6-2)10-9-19-14(4)18(22)15-7-8-17-16(11-15)20-12-13(3)23-17/h7-8,11,13-14,19-20H,5-6,9-10,12H2,1-4H3. The van der Waals surface area contributed by atoms with Gasteiger partial charge in [-0.15, -0.1) is 0 Å². The number of rotatable bonds is 8. The fraction of sp³-hybridized carbons (Fsp3) is 0.611. The van der Waals surface area contributed by atoms with E-state index in [-0.39, 0.29) is 17.9 Å². The fourth-order valence-corrected chi connectivity index (χ4v) is 2.76.